The quantitative estimate of drug-likeness (QED) is 0.524. The van der Waals surface area contributed by atoms with E-state index in [1.165, 1.54) is 12.7 Å². The molecule has 0 radical (unpaired) electrons. The minimum Gasteiger partial charge on any atom is -0.495 e. The van der Waals surface area contributed by atoms with Crippen molar-refractivity contribution in [2.45, 2.75) is 12.8 Å². The van der Waals surface area contributed by atoms with Crippen molar-refractivity contribution < 1.29 is 9.53 Å². The summed E-state index contributed by atoms with van der Waals surface area (Å²) in [5.74, 6) is 0.210. The van der Waals surface area contributed by atoms with Crippen LogP contribution < -0.4 is 15.4 Å². The van der Waals surface area contributed by atoms with Gasteiger partial charge >= 0.3 is 0 Å². The van der Waals surface area contributed by atoms with E-state index >= 15 is 0 Å². The van der Waals surface area contributed by atoms with Gasteiger partial charge in [-0.3, -0.25) is 9.78 Å². The molecule has 1 amide bonds. The first-order chi connectivity index (χ1) is 13.7. The van der Waals surface area contributed by atoms with E-state index in [1.807, 2.05) is 24.3 Å². The molecule has 5 nitrogen and oxygen atoms in total. The maximum Gasteiger partial charge on any atom is 0.274 e. The van der Waals surface area contributed by atoms with Crippen LogP contribution in [0.4, 0.5) is 11.4 Å². The number of halogens is 1. The number of pyridine rings is 1. The van der Waals surface area contributed by atoms with Crippen molar-refractivity contribution in [3.05, 3.63) is 83.1 Å². The second-order valence-corrected chi connectivity index (χ2v) is 6.68. The highest BCUT2D eigenvalue weighted by molar-refractivity contribution is 6.31. The monoisotopic (exact) mass is 395 g/mol. The Morgan fingerprint density at radius 2 is 1.93 bits per heavy atom. The van der Waals surface area contributed by atoms with Crippen LogP contribution in [0.15, 0.2) is 66.9 Å². The second-order valence-electron chi connectivity index (χ2n) is 6.24. The molecule has 0 saturated carbocycles. The third kappa shape index (κ3) is 5.47. The van der Waals surface area contributed by atoms with Gasteiger partial charge in [-0.05, 0) is 48.7 Å². The molecule has 28 heavy (non-hydrogen) atoms. The Balaban J connectivity index is 1.58. The maximum absolute atomic E-state index is 12.6. The highest BCUT2D eigenvalue weighted by atomic mass is 35.5. The van der Waals surface area contributed by atoms with Crippen LogP contribution in [-0.2, 0) is 6.42 Å². The summed E-state index contributed by atoms with van der Waals surface area (Å²) in [5.41, 5.74) is 2.99. The van der Waals surface area contributed by atoms with E-state index in [0.29, 0.717) is 22.2 Å². The zero-order chi connectivity index (χ0) is 19.8. The summed E-state index contributed by atoms with van der Waals surface area (Å²) in [4.78, 5) is 16.7. The van der Waals surface area contributed by atoms with E-state index in [0.717, 1.165) is 25.1 Å². The lowest BCUT2D eigenvalue weighted by Gasteiger charge is -2.11. The Labute approximate surface area is 169 Å². The van der Waals surface area contributed by atoms with Gasteiger partial charge in [-0.1, -0.05) is 41.9 Å². The van der Waals surface area contributed by atoms with Crippen LogP contribution in [0, 0.1) is 0 Å². The Bertz CT molecular complexity index is 932. The normalized spacial score (nSPS) is 10.4. The number of methoxy groups -OCH3 is 1. The van der Waals surface area contributed by atoms with E-state index in [4.69, 9.17) is 16.3 Å². The van der Waals surface area contributed by atoms with Gasteiger partial charge in [0.2, 0.25) is 0 Å². The minimum absolute atomic E-state index is 0.315. The number of aryl methyl sites for hydroxylation is 1. The average molecular weight is 396 g/mol. The molecule has 3 aromatic rings. The molecule has 0 saturated heterocycles. The van der Waals surface area contributed by atoms with E-state index in [1.54, 1.807) is 30.5 Å². The van der Waals surface area contributed by atoms with Gasteiger partial charge in [-0.2, -0.15) is 0 Å². The fourth-order valence-corrected chi connectivity index (χ4v) is 2.97. The SMILES string of the molecule is COc1ccc(Cl)cc1NC(=O)c1cc(NCCCc2ccccc2)ccn1. The molecule has 0 fully saturated rings. The predicted octanol–water partition coefficient (Wildman–Crippen LogP) is 5.04. The molecule has 6 heteroatoms. The number of ether oxygens (including phenoxy) is 1. The van der Waals surface area contributed by atoms with Crippen molar-refractivity contribution in [2.75, 3.05) is 24.3 Å². The Hall–Kier alpha value is -3.05. The standard InChI is InChI=1S/C22H22ClN3O2/c1-28-21-10-9-17(23)14-19(21)26-22(27)20-15-18(11-13-25-20)24-12-5-8-16-6-3-2-4-7-16/h2-4,6-7,9-11,13-15H,5,8,12H2,1H3,(H,24,25)(H,26,27). The van der Waals surface area contributed by atoms with Gasteiger partial charge in [0.05, 0.1) is 12.8 Å². The molecule has 0 aliphatic rings. The smallest absolute Gasteiger partial charge is 0.274 e. The molecule has 144 valence electrons. The third-order valence-corrected chi connectivity index (χ3v) is 4.45. The molecule has 1 aromatic heterocycles. The largest absolute Gasteiger partial charge is 0.495 e. The van der Waals surface area contributed by atoms with Crippen molar-refractivity contribution in [3.8, 4) is 5.75 Å². The molecule has 0 atom stereocenters. The molecule has 0 unspecified atom stereocenters. The highest BCUT2D eigenvalue weighted by Gasteiger charge is 2.12. The van der Waals surface area contributed by atoms with E-state index in [2.05, 4.69) is 27.8 Å². The molecule has 0 aliphatic carbocycles. The molecule has 0 aliphatic heterocycles. The topological polar surface area (TPSA) is 63.2 Å². The van der Waals surface area contributed by atoms with Crippen LogP contribution in [-0.4, -0.2) is 24.5 Å². The number of aromatic nitrogens is 1. The lowest BCUT2D eigenvalue weighted by atomic mass is 10.1. The van der Waals surface area contributed by atoms with Gasteiger partial charge in [-0.15, -0.1) is 0 Å². The highest BCUT2D eigenvalue weighted by Crippen LogP contribution is 2.28. The minimum atomic E-state index is -0.325. The third-order valence-electron chi connectivity index (χ3n) is 4.22. The summed E-state index contributed by atoms with van der Waals surface area (Å²) < 4.78 is 5.26. The molecule has 0 bridgehead atoms. The zero-order valence-corrected chi connectivity index (χ0v) is 16.4. The Morgan fingerprint density at radius 1 is 1.11 bits per heavy atom. The lowest BCUT2D eigenvalue weighted by molar-refractivity contribution is 0.102. The summed E-state index contributed by atoms with van der Waals surface area (Å²) in [5, 5.41) is 6.65. The molecule has 3 rings (SSSR count). The van der Waals surface area contributed by atoms with Crippen LogP contribution >= 0.6 is 11.6 Å². The van der Waals surface area contributed by atoms with Crippen LogP contribution in [0.2, 0.25) is 5.02 Å². The number of hydrogen-bond acceptors (Lipinski definition) is 4. The number of nitrogens with zero attached hydrogens (tertiary/aromatic N) is 1. The van der Waals surface area contributed by atoms with Crippen molar-refractivity contribution in [3.63, 3.8) is 0 Å². The molecule has 2 N–H and O–H groups in total. The van der Waals surface area contributed by atoms with Gasteiger partial charge in [0.1, 0.15) is 11.4 Å². The molecule has 2 aromatic carbocycles. The van der Waals surface area contributed by atoms with Crippen molar-refractivity contribution in [1.82, 2.24) is 4.98 Å². The van der Waals surface area contributed by atoms with Gasteiger partial charge in [0.25, 0.3) is 5.91 Å². The van der Waals surface area contributed by atoms with Crippen molar-refractivity contribution in [2.24, 2.45) is 0 Å². The molecule has 0 spiro atoms. The fourth-order valence-electron chi connectivity index (χ4n) is 2.80. The van der Waals surface area contributed by atoms with Gasteiger partial charge in [-0.25, -0.2) is 0 Å². The summed E-state index contributed by atoms with van der Waals surface area (Å²) in [6, 6.07) is 19.0. The van der Waals surface area contributed by atoms with E-state index < -0.39 is 0 Å². The number of anilines is 2. The maximum atomic E-state index is 12.6. The van der Waals surface area contributed by atoms with Crippen LogP contribution in [0.5, 0.6) is 5.75 Å². The van der Waals surface area contributed by atoms with Crippen molar-refractivity contribution >= 4 is 28.9 Å². The van der Waals surface area contributed by atoms with Crippen LogP contribution in [0.3, 0.4) is 0 Å². The van der Waals surface area contributed by atoms with Gasteiger partial charge in [0.15, 0.2) is 0 Å². The molecular formula is C22H22ClN3O2. The first-order valence-corrected chi connectivity index (χ1v) is 9.42. The number of nitrogens with one attached hydrogen (secondary N) is 2. The number of amides is 1. The molecule has 1 heterocycles. The van der Waals surface area contributed by atoms with Crippen LogP contribution in [0.25, 0.3) is 0 Å². The number of rotatable bonds is 8. The zero-order valence-electron chi connectivity index (χ0n) is 15.6. The molecular weight excluding hydrogens is 374 g/mol. The van der Waals surface area contributed by atoms with Gasteiger partial charge in [0, 0.05) is 23.5 Å². The first kappa shape index (κ1) is 19.7. The van der Waals surface area contributed by atoms with Gasteiger partial charge < -0.3 is 15.4 Å². The fraction of sp³-hybridized carbons (Fsp3) is 0.182. The number of carbonyl (C=O) groups is 1. The Kier molecular flexibility index (Phi) is 6.87. The van der Waals surface area contributed by atoms with E-state index in [-0.39, 0.29) is 5.91 Å². The summed E-state index contributed by atoms with van der Waals surface area (Å²) in [6.45, 7) is 0.808. The lowest BCUT2D eigenvalue weighted by Crippen LogP contribution is -2.15. The van der Waals surface area contributed by atoms with Crippen LogP contribution in [0.1, 0.15) is 22.5 Å². The predicted molar refractivity (Wildman–Crippen MR) is 113 cm³/mol. The number of benzene rings is 2. The number of carbonyl (C=O) groups excluding carboxylic acids is 1. The summed E-state index contributed by atoms with van der Waals surface area (Å²) in [6.07, 6.45) is 3.61. The number of hydrogen-bond donors (Lipinski definition) is 2. The second kappa shape index (κ2) is 9.76. The summed E-state index contributed by atoms with van der Waals surface area (Å²) in [7, 11) is 1.54. The van der Waals surface area contributed by atoms with E-state index in [9.17, 15) is 4.79 Å². The average Bonchev–Trinajstić information content (AvgIpc) is 2.72. The van der Waals surface area contributed by atoms with Crippen molar-refractivity contribution in [1.29, 1.82) is 0 Å². The Morgan fingerprint density at radius 3 is 2.71 bits per heavy atom. The first-order valence-electron chi connectivity index (χ1n) is 9.04. The summed E-state index contributed by atoms with van der Waals surface area (Å²) >= 11 is 6.01.